The van der Waals surface area contributed by atoms with Gasteiger partial charge in [0.05, 0.1) is 23.6 Å². The number of halogens is 2. The molecule has 0 saturated carbocycles. The molecule has 0 fully saturated rings. The Labute approximate surface area is 111 Å². The number of carbonyl (C=O) groups excluding carboxylic acids is 1. The number of carbonyl (C=O) groups is 1. The summed E-state index contributed by atoms with van der Waals surface area (Å²) in [6.07, 6.45) is -3.64. The van der Waals surface area contributed by atoms with E-state index in [2.05, 4.69) is 9.72 Å². The third-order valence-corrected chi connectivity index (χ3v) is 2.24. The van der Waals surface area contributed by atoms with Crippen LogP contribution in [-0.2, 0) is 16.0 Å². The topological polar surface area (TPSA) is 106 Å². The smallest absolute Gasteiger partial charge is 0.311 e. The second-order valence-corrected chi connectivity index (χ2v) is 3.54. The van der Waals surface area contributed by atoms with Crippen LogP contribution in [0.4, 0.5) is 14.5 Å². The van der Waals surface area contributed by atoms with Crippen LogP contribution >= 0.6 is 0 Å². The van der Waals surface area contributed by atoms with Gasteiger partial charge in [-0.05, 0) is 6.92 Å². The summed E-state index contributed by atoms with van der Waals surface area (Å²) in [5.41, 5.74) is -2.59. The maximum atomic E-state index is 12.6. The SMILES string of the molecule is CCOC(=O)Cc1nc(C(F)F)cc([N+](=O)[O-])c1C#N. The van der Waals surface area contributed by atoms with Crippen LogP contribution in [0, 0.1) is 21.4 Å². The van der Waals surface area contributed by atoms with Gasteiger partial charge in [0.2, 0.25) is 0 Å². The fourth-order valence-corrected chi connectivity index (χ4v) is 1.46. The Morgan fingerprint density at radius 2 is 2.30 bits per heavy atom. The van der Waals surface area contributed by atoms with Gasteiger partial charge in [-0.25, -0.2) is 13.8 Å². The normalized spacial score (nSPS) is 10.2. The van der Waals surface area contributed by atoms with Crippen molar-refractivity contribution in [2.45, 2.75) is 19.8 Å². The van der Waals surface area contributed by atoms with E-state index in [0.29, 0.717) is 6.07 Å². The van der Waals surface area contributed by atoms with Crippen LogP contribution < -0.4 is 0 Å². The fraction of sp³-hybridized carbons (Fsp3) is 0.364. The molecule has 0 atom stereocenters. The molecular formula is C11H9F2N3O4. The zero-order valence-corrected chi connectivity index (χ0v) is 10.3. The number of hydrogen-bond acceptors (Lipinski definition) is 6. The van der Waals surface area contributed by atoms with Gasteiger partial charge in [-0.2, -0.15) is 5.26 Å². The van der Waals surface area contributed by atoms with Crippen molar-refractivity contribution in [2.75, 3.05) is 6.61 Å². The number of nitro groups is 1. The lowest BCUT2D eigenvalue weighted by molar-refractivity contribution is -0.385. The van der Waals surface area contributed by atoms with E-state index in [0.717, 1.165) is 0 Å². The van der Waals surface area contributed by atoms with Crippen molar-refractivity contribution in [3.8, 4) is 6.07 Å². The van der Waals surface area contributed by atoms with E-state index >= 15 is 0 Å². The van der Waals surface area contributed by atoms with E-state index in [9.17, 15) is 23.7 Å². The highest BCUT2D eigenvalue weighted by molar-refractivity contribution is 5.73. The monoisotopic (exact) mass is 285 g/mol. The predicted octanol–water partition coefficient (Wildman–Crippen LogP) is 1.90. The lowest BCUT2D eigenvalue weighted by atomic mass is 10.1. The molecule has 106 valence electrons. The maximum absolute atomic E-state index is 12.6. The molecule has 0 aromatic carbocycles. The molecule has 1 aromatic heterocycles. The van der Waals surface area contributed by atoms with E-state index in [-0.39, 0.29) is 6.61 Å². The third kappa shape index (κ3) is 3.44. The third-order valence-electron chi connectivity index (χ3n) is 2.24. The Morgan fingerprint density at radius 3 is 2.75 bits per heavy atom. The van der Waals surface area contributed by atoms with Gasteiger partial charge in [-0.1, -0.05) is 0 Å². The highest BCUT2D eigenvalue weighted by Crippen LogP contribution is 2.27. The standard InChI is InChI=1S/C11H9F2N3O4/c1-2-20-10(17)4-7-6(5-14)9(16(18)19)3-8(15-7)11(12)13/h3,11H,2,4H2,1H3. The lowest BCUT2D eigenvalue weighted by Crippen LogP contribution is -2.12. The number of esters is 1. The molecule has 0 aliphatic carbocycles. The summed E-state index contributed by atoms with van der Waals surface area (Å²) < 4.78 is 29.9. The van der Waals surface area contributed by atoms with E-state index in [1.165, 1.54) is 13.0 Å². The van der Waals surface area contributed by atoms with Gasteiger partial charge >= 0.3 is 5.97 Å². The van der Waals surface area contributed by atoms with Gasteiger partial charge in [0.25, 0.3) is 12.1 Å². The van der Waals surface area contributed by atoms with E-state index in [1.807, 2.05) is 0 Å². The summed E-state index contributed by atoms with van der Waals surface area (Å²) in [7, 11) is 0. The molecule has 0 aliphatic rings. The first-order valence-corrected chi connectivity index (χ1v) is 5.42. The van der Waals surface area contributed by atoms with Gasteiger partial charge in [-0.15, -0.1) is 0 Å². The Balaban J connectivity index is 3.36. The molecule has 0 aliphatic heterocycles. The first-order valence-electron chi connectivity index (χ1n) is 5.42. The Kier molecular flexibility index (Phi) is 5.02. The first-order chi connectivity index (χ1) is 9.40. The number of pyridine rings is 1. The zero-order chi connectivity index (χ0) is 15.3. The lowest BCUT2D eigenvalue weighted by Gasteiger charge is -2.07. The average molecular weight is 285 g/mol. The molecule has 0 unspecified atom stereocenters. The zero-order valence-electron chi connectivity index (χ0n) is 10.3. The molecule has 0 N–H and O–H groups in total. The maximum Gasteiger partial charge on any atom is 0.311 e. The van der Waals surface area contributed by atoms with E-state index in [1.54, 1.807) is 0 Å². The van der Waals surface area contributed by atoms with E-state index in [4.69, 9.17) is 5.26 Å². The van der Waals surface area contributed by atoms with Crippen LogP contribution in [0.25, 0.3) is 0 Å². The highest BCUT2D eigenvalue weighted by atomic mass is 19.3. The van der Waals surface area contributed by atoms with Crippen LogP contribution in [0.5, 0.6) is 0 Å². The predicted molar refractivity (Wildman–Crippen MR) is 60.9 cm³/mol. The number of rotatable bonds is 5. The van der Waals surface area contributed by atoms with Crippen LogP contribution in [-0.4, -0.2) is 22.5 Å². The fourth-order valence-electron chi connectivity index (χ4n) is 1.46. The molecule has 1 rings (SSSR count). The van der Waals surface area contributed by atoms with Crippen molar-refractivity contribution in [1.29, 1.82) is 5.26 Å². The highest BCUT2D eigenvalue weighted by Gasteiger charge is 2.25. The number of aromatic nitrogens is 1. The van der Waals surface area contributed by atoms with Crippen LogP contribution in [0.3, 0.4) is 0 Å². The number of nitrogens with zero attached hydrogens (tertiary/aromatic N) is 3. The second kappa shape index (κ2) is 6.51. The molecule has 20 heavy (non-hydrogen) atoms. The minimum atomic E-state index is -3.05. The molecule has 0 amide bonds. The molecule has 7 nitrogen and oxygen atoms in total. The van der Waals surface area contributed by atoms with Gasteiger partial charge in [0.1, 0.15) is 11.8 Å². The Morgan fingerprint density at radius 1 is 1.65 bits per heavy atom. The average Bonchev–Trinajstić information content (AvgIpc) is 2.37. The summed E-state index contributed by atoms with van der Waals surface area (Å²) in [6, 6.07) is 2.03. The van der Waals surface area contributed by atoms with Crippen molar-refractivity contribution in [3.05, 3.63) is 33.1 Å². The van der Waals surface area contributed by atoms with Gasteiger partial charge in [0.15, 0.2) is 5.56 Å². The van der Waals surface area contributed by atoms with E-state index < -0.39 is 46.4 Å². The summed E-state index contributed by atoms with van der Waals surface area (Å²) in [6.45, 7) is 1.59. The summed E-state index contributed by atoms with van der Waals surface area (Å²) >= 11 is 0. The van der Waals surface area contributed by atoms with Crippen molar-refractivity contribution < 1.29 is 23.2 Å². The second-order valence-electron chi connectivity index (χ2n) is 3.54. The molecule has 0 radical (unpaired) electrons. The van der Waals surface area contributed by atoms with Gasteiger partial charge < -0.3 is 4.74 Å². The number of hydrogen-bond donors (Lipinski definition) is 0. The number of nitriles is 1. The summed E-state index contributed by atoms with van der Waals surface area (Å²) in [5.74, 6) is -0.808. The molecular weight excluding hydrogens is 276 g/mol. The molecule has 9 heteroatoms. The number of alkyl halides is 2. The summed E-state index contributed by atoms with van der Waals surface area (Å²) in [5, 5.41) is 19.7. The number of ether oxygens (including phenoxy) is 1. The largest absolute Gasteiger partial charge is 0.466 e. The minimum Gasteiger partial charge on any atom is -0.466 e. The van der Waals surface area contributed by atoms with Crippen molar-refractivity contribution in [3.63, 3.8) is 0 Å². The molecule has 0 saturated heterocycles. The first kappa shape index (κ1) is 15.4. The van der Waals surface area contributed by atoms with Crippen LogP contribution in [0.1, 0.15) is 30.3 Å². The molecule has 1 heterocycles. The Bertz CT molecular complexity index is 584. The van der Waals surface area contributed by atoms with Gasteiger partial charge in [0, 0.05) is 6.07 Å². The van der Waals surface area contributed by atoms with Crippen LogP contribution in [0.15, 0.2) is 6.07 Å². The quantitative estimate of drug-likeness (QED) is 0.464. The summed E-state index contributed by atoms with van der Waals surface area (Å²) in [4.78, 5) is 24.6. The minimum absolute atomic E-state index is 0.0529. The van der Waals surface area contributed by atoms with Crippen molar-refractivity contribution in [1.82, 2.24) is 4.98 Å². The van der Waals surface area contributed by atoms with Crippen LogP contribution in [0.2, 0.25) is 0 Å². The van der Waals surface area contributed by atoms with Crippen molar-refractivity contribution in [2.24, 2.45) is 0 Å². The molecule has 0 bridgehead atoms. The van der Waals surface area contributed by atoms with Gasteiger partial charge in [-0.3, -0.25) is 14.9 Å². The molecule has 1 aromatic rings. The molecule has 0 spiro atoms. The Hall–Kier alpha value is -2.63. The van der Waals surface area contributed by atoms with Crippen molar-refractivity contribution >= 4 is 11.7 Å².